The highest BCUT2D eigenvalue weighted by Gasteiger charge is 2.45. The zero-order chi connectivity index (χ0) is 22.3. The molecule has 0 saturated carbocycles. The molecular weight excluding hydrogens is 445 g/mol. The van der Waals surface area contributed by atoms with Gasteiger partial charge in [-0.3, -0.25) is 5.10 Å². The Morgan fingerprint density at radius 2 is 2.00 bits per heavy atom. The van der Waals surface area contributed by atoms with E-state index in [1.807, 2.05) is 18.9 Å². The number of H-pyrrole nitrogens is 1. The molecule has 9 nitrogen and oxygen atoms in total. The molecular formula is C19H27ClFN7O2S. The van der Waals surface area contributed by atoms with Crippen molar-refractivity contribution in [3.8, 4) is 0 Å². The number of anilines is 3. The van der Waals surface area contributed by atoms with Crippen LogP contribution in [-0.4, -0.2) is 63.8 Å². The molecule has 2 aromatic heterocycles. The fraction of sp³-hybridized carbons (Fsp3) is 0.632. The number of nitrogens with one attached hydrogen (secondary N) is 2. The van der Waals surface area contributed by atoms with E-state index in [1.54, 1.807) is 17.3 Å². The highest BCUT2D eigenvalue weighted by atomic mass is 35.5. The number of aromatic amines is 1. The molecule has 2 aromatic rings. The van der Waals surface area contributed by atoms with Crippen LogP contribution in [0.1, 0.15) is 44.7 Å². The van der Waals surface area contributed by atoms with Gasteiger partial charge in [0.2, 0.25) is 21.8 Å². The van der Waals surface area contributed by atoms with Crippen molar-refractivity contribution < 1.29 is 12.8 Å². The summed E-state index contributed by atoms with van der Waals surface area (Å²) in [6.07, 6.45) is 4.06. The maximum atomic E-state index is 14.5. The van der Waals surface area contributed by atoms with E-state index >= 15 is 0 Å². The molecule has 0 spiro atoms. The van der Waals surface area contributed by atoms with Gasteiger partial charge in [0, 0.05) is 36.9 Å². The monoisotopic (exact) mass is 471 g/mol. The minimum Gasteiger partial charge on any atom is -0.341 e. The van der Waals surface area contributed by atoms with Gasteiger partial charge in [0.15, 0.2) is 16.8 Å². The van der Waals surface area contributed by atoms with Gasteiger partial charge in [-0.05, 0) is 39.5 Å². The van der Waals surface area contributed by atoms with Crippen molar-refractivity contribution in [1.82, 2.24) is 24.5 Å². The quantitative estimate of drug-likeness (QED) is 0.623. The van der Waals surface area contributed by atoms with E-state index in [4.69, 9.17) is 11.6 Å². The number of fused-ring (bicyclic) bond motifs is 2. The Balaban J connectivity index is 1.58. The summed E-state index contributed by atoms with van der Waals surface area (Å²) in [4.78, 5) is 10.4. The van der Waals surface area contributed by atoms with Gasteiger partial charge in [0.25, 0.3) is 0 Å². The van der Waals surface area contributed by atoms with E-state index < -0.39 is 15.8 Å². The highest BCUT2D eigenvalue weighted by Crippen LogP contribution is 2.38. The summed E-state index contributed by atoms with van der Waals surface area (Å²) in [7, 11) is -1.41. The van der Waals surface area contributed by atoms with Crippen LogP contribution >= 0.6 is 11.6 Å². The molecule has 0 amide bonds. The number of nitrogens with zero attached hydrogens (tertiary/aromatic N) is 5. The lowest BCUT2D eigenvalue weighted by molar-refractivity contribution is 0.109. The average molecular weight is 472 g/mol. The SMILES string of the molecule is CCS(=O)(=O)N1[C@@H]2CCC[C@H]1C[C@@H](N(C)c1nc(Cl)c(F)c(Nc3cc(C)[nH]n3)n1)C2. The lowest BCUT2D eigenvalue weighted by Crippen LogP contribution is -2.58. The van der Waals surface area contributed by atoms with E-state index in [0.717, 1.165) is 25.0 Å². The second-order valence-corrected chi connectivity index (χ2v) is 10.8. The first kappa shape index (κ1) is 22.2. The van der Waals surface area contributed by atoms with Crippen LogP contribution in [0.4, 0.5) is 22.0 Å². The molecule has 170 valence electrons. The Labute approximate surface area is 186 Å². The maximum absolute atomic E-state index is 14.5. The molecule has 0 radical (unpaired) electrons. The van der Waals surface area contributed by atoms with E-state index in [2.05, 4.69) is 25.5 Å². The molecule has 2 aliphatic rings. The molecule has 4 rings (SSSR count). The Morgan fingerprint density at radius 1 is 1.32 bits per heavy atom. The molecule has 31 heavy (non-hydrogen) atoms. The Bertz CT molecular complexity index is 1050. The van der Waals surface area contributed by atoms with E-state index in [-0.39, 0.29) is 40.8 Å². The van der Waals surface area contributed by atoms with Crippen LogP contribution in [0.2, 0.25) is 5.15 Å². The molecule has 2 N–H and O–H groups in total. The number of hydrogen-bond acceptors (Lipinski definition) is 7. The third-order valence-corrected chi connectivity index (χ3v) is 8.40. The van der Waals surface area contributed by atoms with Crippen molar-refractivity contribution in [1.29, 1.82) is 0 Å². The molecule has 0 aromatic carbocycles. The molecule has 12 heteroatoms. The van der Waals surface area contributed by atoms with Crippen molar-refractivity contribution >= 4 is 39.2 Å². The van der Waals surface area contributed by atoms with Crippen molar-refractivity contribution in [3.63, 3.8) is 0 Å². The van der Waals surface area contributed by atoms with Gasteiger partial charge in [-0.2, -0.15) is 23.8 Å². The third-order valence-electron chi connectivity index (χ3n) is 6.18. The average Bonchev–Trinajstić information content (AvgIpc) is 3.14. The summed E-state index contributed by atoms with van der Waals surface area (Å²) in [5.74, 6) is 0.0157. The molecule has 2 saturated heterocycles. The van der Waals surface area contributed by atoms with E-state index in [9.17, 15) is 12.8 Å². The lowest BCUT2D eigenvalue weighted by Gasteiger charge is -2.49. The van der Waals surface area contributed by atoms with Crippen molar-refractivity contribution in [3.05, 3.63) is 22.7 Å². The Morgan fingerprint density at radius 3 is 2.58 bits per heavy atom. The molecule has 2 bridgehead atoms. The number of sulfonamides is 1. The minimum absolute atomic E-state index is 0.0283. The predicted octanol–water partition coefficient (Wildman–Crippen LogP) is 3.22. The summed E-state index contributed by atoms with van der Waals surface area (Å²) in [6.45, 7) is 3.52. The summed E-state index contributed by atoms with van der Waals surface area (Å²) in [5, 5.41) is 9.38. The van der Waals surface area contributed by atoms with Crippen LogP contribution in [0.25, 0.3) is 0 Å². The highest BCUT2D eigenvalue weighted by molar-refractivity contribution is 7.89. The summed E-state index contributed by atoms with van der Waals surface area (Å²) >= 11 is 6.06. The van der Waals surface area contributed by atoms with Gasteiger partial charge in [-0.25, -0.2) is 8.42 Å². The molecule has 3 atom stereocenters. The van der Waals surface area contributed by atoms with Gasteiger partial charge in [0.1, 0.15) is 0 Å². The summed E-state index contributed by atoms with van der Waals surface area (Å²) in [6, 6.07) is 1.68. The first-order valence-electron chi connectivity index (χ1n) is 10.5. The predicted molar refractivity (Wildman–Crippen MR) is 118 cm³/mol. The van der Waals surface area contributed by atoms with Crippen LogP contribution in [0.5, 0.6) is 0 Å². The normalized spacial score (nSPS) is 24.2. The number of rotatable bonds is 6. The Kier molecular flexibility index (Phi) is 6.10. The van der Waals surface area contributed by atoms with Gasteiger partial charge in [-0.15, -0.1) is 0 Å². The van der Waals surface area contributed by atoms with Crippen molar-refractivity contribution in [2.45, 2.75) is 64.1 Å². The van der Waals surface area contributed by atoms with Gasteiger partial charge < -0.3 is 10.2 Å². The second-order valence-electron chi connectivity index (χ2n) is 8.24. The molecule has 4 heterocycles. The zero-order valence-electron chi connectivity index (χ0n) is 17.8. The maximum Gasteiger partial charge on any atom is 0.228 e. The van der Waals surface area contributed by atoms with Gasteiger partial charge in [0.05, 0.1) is 5.75 Å². The number of aryl methyl sites for hydroxylation is 1. The van der Waals surface area contributed by atoms with E-state index in [1.165, 1.54) is 0 Å². The fourth-order valence-corrected chi connectivity index (χ4v) is 6.40. The smallest absolute Gasteiger partial charge is 0.228 e. The number of piperidine rings is 2. The number of hydrogen-bond donors (Lipinski definition) is 2. The third kappa shape index (κ3) is 4.35. The first-order chi connectivity index (χ1) is 14.7. The standard InChI is InChI=1S/C19H27ClFN7O2S/c1-4-31(29,30)28-12-6-5-7-13(28)10-14(9-12)27(3)19-23-17(20)16(21)18(24-19)22-15-8-11(2)25-26-15/h8,12-14H,4-7,9-10H2,1-3H3,(H2,22,23,24,25,26)/t12-,13+,14+. The zero-order valence-corrected chi connectivity index (χ0v) is 19.3. The van der Waals surface area contributed by atoms with Crippen LogP contribution in [-0.2, 0) is 10.0 Å². The van der Waals surface area contributed by atoms with Crippen molar-refractivity contribution in [2.75, 3.05) is 23.0 Å². The van der Waals surface area contributed by atoms with Crippen LogP contribution in [0, 0.1) is 12.7 Å². The summed E-state index contributed by atoms with van der Waals surface area (Å²) < 4.78 is 41.5. The second kappa shape index (κ2) is 8.51. The molecule has 0 aliphatic carbocycles. The Hall–Kier alpha value is -1.98. The molecule has 2 fully saturated rings. The molecule has 2 aliphatic heterocycles. The summed E-state index contributed by atoms with van der Waals surface area (Å²) in [5.41, 5.74) is 0.820. The topological polar surface area (TPSA) is 107 Å². The fourth-order valence-electron chi connectivity index (χ4n) is 4.64. The van der Waals surface area contributed by atoms with Crippen molar-refractivity contribution in [2.24, 2.45) is 0 Å². The van der Waals surface area contributed by atoms with Gasteiger partial charge in [-0.1, -0.05) is 18.0 Å². The lowest BCUT2D eigenvalue weighted by atomic mass is 9.83. The van der Waals surface area contributed by atoms with Crippen LogP contribution in [0.15, 0.2) is 6.07 Å². The number of aromatic nitrogens is 4. The largest absolute Gasteiger partial charge is 0.341 e. The number of halogens is 2. The van der Waals surface area contributed by atoms with Crippen LogP contribution < -0.4 is 10.2 Å². The van der Waals surface area contributed by atoms with Crippen LogP contribution in [0.3, 0.4) is 0 Å². The minimum atomic E-state index is -3.25. The molecule has 0 unspecified atom stereocenters. The first-order valence-corrected chi connectivity index (χ1v) is 12.4. The van der Waals surface area contributed by atoms with E-state index in [0.29, 0.717) is 18.7 Å². The van der Waals surface area contributed by atoms with Gasteiger partial charge >= 0.3 is 0 Å².